The molecule has 4 nitrogen and oxygen atoms in total. The van der Waals surface area contributed by atoms with Crippen LogP contribution in [-0.2, 0) is 4.79 Å². The number of carbonyl (C=O) groups excluding carboxylic acids is 1. The van der Waals surface area contributed by atoms with Crippen molar-refractivity contribution in [3.05, 3.63) is 66.2 Å². The van der Waals surface area contributed by atoms with Crippen molar-refractivity contribution in [1.29, 1.82) is 0 Å². The lowest BCUT2D eigenvalue weighted by Crippen LogP contribution is -2.15. The highest BCUT2D eigenvalue weighted by molar-refractivity contribution is 7.13. The first-order valence-electron chi connectivity index (χ1n) is 7.29. The van der Waals surface area contributed by atoms with Crippen molar-refractivity contribution >= 4 is 22.9 Å². The highest BCUT2D eigenvalue weighted by Gasteiger charge is 2.04. The minimum Gasteiger partial charge on any atom is -0.493 e. The SMILES string of the molecule is O=C(CCOc1ccccc1)Nc1ccc(-c2nccs2)cc1. The van der Waals surface area contributed by atoms with Crippen LogP contribution in [-0.4, -0.2) is 17.5 Å². The van der Waals surface area contributed by atoms with E-state index in [1.54, 1.807) is 17.5 Å². The number of nitrogens with zero attached hydrogens (tertiary/aromatic N) is 1. The summed E-state index contributed by atoms with van der Waals surface area (Å²) in [4.78, 5) is 16.2. The van der Waals surface area contributed by atoms with Crippen molar-refractivity contribution in [3.63, 3.8) is 0 Å². The Morgan fingerprint density at radius 3 is 2.57 bits per heavy atom. The van der Waals surface area contributed by atoms with Gasteiger partial charge >= 0.3 is 0 Å². The standard InChI is InChI=1S/C18H16N2O2S/c21-17(10-12-22-16-4-2-1-3-5-16)20-15-8-6-14(7-9-15)18-19-11-13-23-18/h1-9,11,13H,10,12H2,(H,20,21). The summed E-state index contributed by atoms with van der Waals surface area (Å²) in [6.07, 6.45) is 2.09. The fourth-order valence-electron chi connectivity index (χ4n) is 2.06. The van der Waals surface area contributed by atoms with E-state index in [2.05, 4.69) is 10.3 Å². The molecule has 5 heteroatoms. The third kappa shape index (κ3) is 4.40. The van der Waals surface area contributed by atoms with Crippen LogP contribution in [0.15, 0.2) is 66.2 Å². The zero-order valence-electron chi connectivity index (χ0n) is 12.4. The van der Waals surface area contributed by atoms with Gasteiger partial charge in [0.25, 0.3) is 0 Å². The summed E-state index contributed by atoms with van der Waals surface area (Å²) in [5.74, 6) is 0.705. The first-order valence-corrected chi connectivity index (χ1v) is 8.17. The van der Waals surface area contributed by atoms with E-state index in [1.165, 1.54) is 0 Å². The zero-order chi connectivity index (χ0) is 15.9. The molecule has 0 unspecified atom stereocenters. The number of amides is 1. The summed E-state index contributed by atoms with van der Waals surface area (Å²) in [5, 5.41) is 5.78. The van der Waals surface area contributed by atoms with Gasteiger partial charge in [0.15, 0.2) is 0 Å². The first-order chi connectivity index (χ1) is 11.3. The van der Waals surface area contributed by atoms with E-state index in [1.807, 2.05) is 60.0 Å². The number of benzene rings is 2. The minimum absolute atomic E-state index is 0.0667. The molecule has 0 atom stereocenters. The maximum absolute atomic E-state index is 11.9. The summed E-state index contributed by atoms with van der Waals surface area (Å²) in [6.45, 7) is 0.354. The van der Waals surface area contributed by atoms with Crippen LogP contribution in [0, 0.1) is 0 Å². The van der Waals surface area contributed by atoms with Crippen molar-refractivity contribution in [2.45, 2.75) is 6.42 Å². The van der Waals surface area contributed by atoms with Gasteiger partial charge in [0, 0.05) is 22.8 Å². The summed E-state index contributed by atoms with van der Waals surface area (Å²) >= 11 is 1.59. The molecule has 0 radical (unpaired) electrons. The highest BCUT2D eigenvalue weighted by Crippen LogP contribution is 2.23. The molecule has 3 aromatic rings. The molecule has 0 aliphatic carbocycles. The van der Waals surface area contributed by atoms with Crippen molar-refractivity contribution in [1.82, 2.24) is 4.98 Å². The third-order valence-corrected chi connectivity index (χ3v) is 4.01. The van der Waals surface area contributed by atoms with Gasteiger partial charge in [-0.2, -0.15) is 0 Å². The Bertz CT molecular complexity index is 740. The van der Waals surface area contributed by atoms with E-state index >= 15 is 0 Å². The average Bonchev–Trinajstić information content (AvgIpc) is 3.11. The monoisotopic (exact) mass is 324 g/mol. The second-order valence-electron chi connectivity index (χ2n) is 4.87. The lowest BCUT2D eigenvalue weighted by Gasteiger charge is -2.07. The van der Waals surface area contributed by atoms with Gasteiger partial charge in [0.05, 0.1) is 13.0 Å². The third-order valence-electron chi connectivity index (χ3n) is 3.19. The number of thiazole rings is 1. The van der Waals surface area contributed by atoms with Gasteiger partial charge in [-0.05, 0) is 36.4 Å². The van der Waals surface area contributed by atoms with Crippen LogP contribution >= 0.6 is 11.3 Å². The molecular weight excluding hydrogens is 308 g/mol. The first kappa shape index (κ1) is 15.2. The van der Waals surface area contributed by atoms with Crippen LogP contribution in [0.4, 0.5) is 5.69 Å². The summed E-state index contributed by atoms with van der Waals surface area (Å²) in [6, 6.07) is 17.1. The van der Waals surface area contributed by atoms with Gasteiger partial charge < -0.3 is 10.1 Å². The number of nitrogens with one attached hydrogen (secondary N) is 1. The Kier molecular flexibility index (Phi) is 5.01. The molecule has 0 saturated heterocycles. The molecule has 23 heavy (non-hydrogen) atoms. The minimum atomic E-state index is -0.0667. The molecule has 0 bridgehead atoms. The van der Waals surface area contributed by atoms with Gasteiger partial charge in [0.2, 0.25) is 5.91 Å². The number of carbonyl (C=O) groups is 1. The van der Waals surface area contributed by atoms with Crippen LogP contribution in [0.2, 0.25) is 0 Å². The van der Waals surface area contributed by atoms with Crippen molar-refractivity contribution in [2.24, 2.45) is 0 Å². The van der Waals surface area contributed by atoms with Gasteiger partial charge in [-0.3, -0.25) is 4.79 Å². The number of rotatable bonds is 6. The molecular formula is C18H16N2O2S. The molecule has 2 aromatic carbocycles. The van der Waals surface area contributed by atoms with Crippen molar-refractivity contribution in [3.8, 4) is 16.3 Å². The predicted octanol–water partition coefficient (Wildman–Crippen LogP) is 4.22. The molecule has 0 spiro atoms. The van der Waals surface area contributed by atoms with E-state index in [4.69, 9.17) is 4.74 Å². The highest BCUT2D eigenvalue weighted by atomic mass is 32.1. The molecule has 0 fully saturated rings. The molecule has 0 saturated carbocycles. The Morgan fingerprint density at radius 2 is 1.87 bits per heavy atom. The molecule has 1 N–H and O–H groups in total. The van der Waals surface area contributed by atoms with Crippen LogP contribution in [0.25, 0.3) is 10.6 Å². The predicted molar refractivity (Wildman–Crippen MR) is 92.7 cm³/mol. The summed E-state index contributed by atoms with van der Waals surface area (Å²) in [5.41, 5.74) is 1.82. The van der Waals surface area contributed by atoms with Gasteiger partial charge in [-0.15, -0.1) is 11.3 Å². The molecule has 116 valence electrons. The molecule has 0 aliphatic rings. The molecule has 0 aliphatic heterocycles. The second kappa shape index (κ2) is 7.56. The van der Waals surface area contributed by atoms with Crippen LogP contribution in [0.1, 0.15) is 6.42 Å². The second-order valence-corrected chi connectivity index (χ2v) is 5.77. The lowest BCUT2D eigenvalue weighted by molar-refractivity contribution is -0.116. The van der Waals surface area contributed by atoms with Crippen LogP contribution in [0.3, 0.4) is 0 Å². The normalized spacial score (nSPS) is 10.3. The summed E-state index contributed by atoms with van der Waals surface area (Å²) < 4.78 is 5.51. The molecule has 1 heterocycles. The largest absolute Gasteiger partial charge is 0.493 e. The average molecular weight is 324 g/mol. The Labute approximate surface area is 138 Å². The summed E-state index contributed by atoms with van der Waals surface area (Å²) in [7, 11) is 0. The Hall–Kier alpha value is -2.66. The van der Waals surface area contributed by atoms with Crippen LogP contribution < -0.4 is 10.1 Å². The van der Waals surface area contributed by atoms with Gasteiger partial charge in [-0.25, -0.2) is 4.98 Å². The maximum atomic E-state index is 11.9. The van der Waals surface area contributed by atoms with Gasteiger partial charge in [-0.1, -0.05) is 18.2 Å². The van der Waals surface area contributed by atoms with Gasteiger partial charge in [0.1, 0.15) is 10.8 Å². The van der Waals surface area contributed by atoms with E-state index in [0.29, 0.717) is 13.0 Å². The van der Waals surface area contributed by atoms with E-state index < -0.39 is 0 Å². The molecule has 3 rings (SSSR count). The van der Waals surface area contributed by atoms with Crippen molar-refractivity contribution in [2.75, 3.05) is 11.9 Å². The Morgan fingerprint density at radius 1 is 1.09 bits per heavy atom. The zero-order valence-corrected chi connectivity index (χ0v) is 13.3. The van der Waals surface area contributed by atoms with Crippen LogP contribution in [0.5, 0.6) is 5.75 Å². The number of ether oxygens (including phenoxy) is 1. The van der Waals surface area contributed by atoms with E-state index in [0.717, 1.165) is 22.0 Å². The fourth-order valence-corrected chi connectivity index (χ4v) is 2.71. The number of hydrogen-bond donors (Lipinski definition) is 1. The lowest BCUT2D eigenvalue weighted by atomic mass is 10.2. The number of anilines is 1. The maximum Gasteiger partial charge on any atom is 0.227 e. The fraction of sp³-hybridized carbons (Fsp3) is 0.111. The topological polar surface area (TPSA) is 51.2 Å². The number of hydrogen-bond acceptors (Lipinski definition) is 4. The Balaban J connectivity index is 1.48. The smallest absolute Gasteiger partial charge is 0.227 e. The number of aromatic nitrogens is 1. The molecule has 1 amide bonds. The molecule has 1 aromatic heterocycles. The van der Waals surface area contributed by atoms with Crippen molar-refractivity contribution < 1.29 is 9.53 Å². The number of para-hydroxylation sites is 1. The van der Waals surface area contributed by atoms with E-state index in [-0.39, 0.29) is 5.91 Å². The van der Waals surface area contributed by atoms with E-state index in [9.17, 15) is 4.79 Å². The quantitative estimate of drug-likeness (QED) is 0.738.